The minimum atomic E-state index is -0.534. The molecule has 0 N–H and O–H groups in total. The van der Waals surface area contributed by atoms with Crippen LogP contribution in [0.5, 0.6) is 0 Å². The van der Waals surface area contributed by atoms with Crippen molar-refractivity contribution in [2.24, 2.45) is 5.92 Å². The number of hydrogen-bond donors (Lipinski definition) is 0. The molecule has 0 radical (unpaired) electrons. The third-order valence-corrected chi connectivity index (χ3v) is 3.36. The van der Waals surface area contributed by atoms with Crippen LogP contribution < -0.4 is 0 Å². The third-order valence-electron chi connectivity index (χ3n) is 2.00. The van der Waals surface area contributed by atoms with Crippen molar-refractivity contribution in [1.29, 1.82) is 0 Å². The van der Waals surface area contributed by atoms with Crippen LogP contribution in [0.25, 0.3) is 0 Å². The summed E-state index contributed by atoms with van der Waals surface area (Å²) in [7, 11) is 0. The Morgan fingerprint density at radius 1 is 1.44 bits per heavy atom. The summed E-state index contributed by atoms with van der Waals surface area (Å²) in [5, 5.41) is 0. The van der Waals surface area contributed by atoms with Gasteiger partial charge in [-0.05, 0) is 25.2 Å². The molecule has 0 spiro atoms. The first kappa shape index (κ1) is 7.52. The maximum atomic E-state index is 12.6. The molecule has 0 aromatic carbocycles. The molecule has 0 amide bonds. The SMILES string of the molecule is CC1CC(F)CCC1Br. The van der Waals surface area contributed by atoms with E-state index in [4.69, 9.17) is 0 Å². The van der Waals surface area contributed by atoms with Gasteiger partial charge in [-0.2, -0.15) is 0 Å². The lowest BCUT2D eigenvalue weighted by Crippen LogP contribution is -2.23. The number of hydrogen-bond acceptors (Lipinski definition) is 0. The van der Waals surface area contributed by atoms with Crippen LogP contribution >= 0.6 is 15.9 Å². The molecule has 0 aromatic heterocycles. The molecule has 0 nitrogen and oxygen atoms in total. The first-order valence-corrected chi connectivity index (χ1v) is 4.40. The molecule has 54 valence electrons. The highest BCUT2D eigenvalue weighted by molar-refractivity contribution is 9.09. The summed E-state index contributed by atoms with van der Waals surface area (Å²) in [6.07, 6.45) is 1.96. The molecule has 3 atom stereocenters. The van der Waals surface area contributed by atoms with Crippen LogP contribution in [0.4, 0.5) is 4.39 Å². The second kappa shape index (κ2) is 3.00. The van der Waals surface area contributed by atoms with Crippen LogP contribution in [-0.4, -0.2) is 11.0 Å². The lowest BCUT2D eigenvalue weighted by molar-refractivity contribution is 0.215. The van der Waals surface area contributed by atoms with Crippen molar-refractivity contribution in [3.63, 3.8) is 0 Å². The number of halogens is 2. The zero-order valence-electron chi connectivity index (χ0n) is 5.61. The lowest BCUT2D eigenvalue weighted by atomic mass is 9.89. The highest BCUT2D eigenvalue weighted by Crippen LogP contribution is 2.30. The van der Waals surface area contributed by atoms with E-state index in [0.717, 1.165) is 19.3 Å². The lowest BCUT2D eigenvalue weighted by Gasteiger charge is -2.26. The van der Waals surface area contributed by atoms with E-state index in [2.05, 4.69) is 22.9 Å². The molecular weight excluding hydrogens is 183 g/mol. The molecule has 0 aromatic rings. The van der Waals surface area contributed by atoms with Gasteiger partial charge in [0.25, 0.3) is 0 Å². The highest BCUT2D eigenvalue weighted by Gasteiger charge is 2.24. The molecule has 1 aliphatic rings. The van der Waals surface area contributed by atoms with Crippen molar-refractivity contribution in [1.82, 2.24) is 0 Å². The molecule has 3 unspecified atom stereocenters. The van der Waals surface area contributed by atoms with Gasteiger partial charge in [-0.3, -0.25) is 0 Å². The first-order valence-electron chi connectivity index (χ1n) is 3.48. The van der Waals surface area contributed by atoms with Gasteiger partial charge in [0, 0.05) is 4.83 Å². The van der Waals surface area contributed by atoms with Crippen LogP contribution in [0.2, 0.25) is 0 Å². The van der Waals surface area contributed by atoms with Crippen molar-refractivity contribution in [2.45, 2.75) is 37.2 Å². The average Bonchev–Trinajstić information content (AvgIpc) is 1.80. The van der Waals surface area contributed by atoms with Gasteiger partial charge in [-0.1, -0.05) is 22.9 Å². The Morgan fingerprint density at radius 3 is 2.56 bits per heavy atom. The quantitative estimate of drug-likeness (QED) is 0.521. The first-order chi connectivity index (χ1) is 4.20. The third kappa shape index (κ3) is 1.92. The van der Waals surface area contributed by atoms with Crippen molar-refractivity contribution in [3.05, 3.63) is 0 Å². The zero-order chi connectivity index (χ0) is 6.85. The molecule has 0 aliphatic heterocycles. The summed E-state index contributed by atoms with van der Waals surface area (Å²) in [5.41, 5.74) is 0. The predicted molar refractivity (Wildman–Crippen MR) is 40.6 cm³/mol. The van der Waals surface area contributed by atoms with Crippen LogP contribution in [0.3, 0.4) is 0 Å². The highest BCUT2D eigenvalue weighted by atomic mass is 79.9. The largest absolute Gasteiger partial charge is 0.247 e. The fraction of sp³-hybridized carbons (Fsp3) is 1.00. The molecule has 0 saturated heterocycles. The number of rotatable bonds is 0. The van der Waals surface area contributed by atoms with Crippen molar-refractivity contribution in [3.8, 4) is 0 Å². The van der Waals surface area contributed by atoms with E-state index in [-0.39, 0.29) is 0 Å². The second-order valence-electron chi connectivity index (χ2n) is 2.90. The van der Waals surface area contributed by atoms with Crippen LogP contribution in [-0.2, 0) is 0 Å². The summed E-state index contributed by atoms with van der Waals surface area (Å²) < 4.78 is 12.6. The number of alkyl halides is 2. The van der Waals surface area contributed by atoms with E-state index in [9.17, 15) is 4.39 Å². The molecular formula is C7H12BrF. The Kier molecular flexibility index (Phi) is 2.50. The van der Waals surface area contributed by atoms with Crippen molar-refractivity contribution < 1.29 is 4.39 Å². The maximum Gasteiger partial charge on any atom is 0.100 e. The fourth-order valence-electron chi connectivity index (χ4n) is 1.29. The van der Waals surface area contributed by atoms with Crippen LogP contribution in [0, 0.1) is 5.92 Å². The minimum absolute atomic E-state index is 0.522. The van der Waals surface area contributed by atoms with E-state index in [1.54, 1.807) is 0 Å². The predicted octanol–water partition coefficient (Wildman–Crippen LogP) is 2.91. The van der Waals surface area contributed by atoms with Crippen molar-refractivity contribution in [2.75, 3.05) is 0 Å². The molecule has 1 rings (SSSR count). The Hall–Kier alpha value is 0.410. The molecule has 1 fully saturated rings. The van der Waals surface area contributed by atoms with Gasteiger partial charge >= 0.3 is 0 Å². The van der Waals surface area contributed by atoms with Gasteiger partial charge in [0.05, 0.1) is 0 Å². The van der Waals surface area contributed by atoms with Gasteiger partial charge < -0.3 is 0 Å². The van der Waals surface area contributed by atoms with Crippen LogP contribution in [0.1, 0.15) is 26.2 Å². The smallest absolute Gasteiger partial charge is 0.100 e. The Morgan fingerprint density at radius 2 is 2.11 bits per heavy atom. The summed E-state index contributed by atoms with van der Waals surface area (Å²) in [6, 6.07) is 0. The fourth-order valence-corrected chi connectivity index (χ4v) is 1.77. The van der Waals surface area contributed by atoms with Gasteiger partial charge in [0.15, 0.2) is 0 Å². The van der Waals surface area contributed by atoms with Crippen LogP contribution in [0.15, 0.2) is 0 Å². The van der Waals surface area contributed by atoms with E-state index < -0.39 is 6.17 Å². The molecule has 0 bridgehead atoms. The Labute approximate surface area is 64.0 Å². The topological polar surface area (TPSA) is 0 Å². The Bertz CT molecular complexity index is 94.9. The molecule has 0 heterocycles. The summed E-state index contributed by atoms with van der Waals surface area (Å²) in [4.78, 5) is 0.560. The van der Waals surface area contributed by atoms with E-state index in [0.29, 0.717) is 10.7 Å². The van der Waals surface area contributed by atoms with Gasteiger partial charge in [-0.15, -0.1) is 0 Å². The second-order valence-corrected chi connectivity index (χ2v) is 4.08. The van der Waals surface area contributed by atoms with E-state index in [1.807, 2.05) is 0 Å². The molecule has 1 saturated carbocycles. The molecule has 1 aliphatic carbocycles. The summed E-state index contributed by atoms with van der Waals surface area (Å²) in [5.74, 6) is 0.522. The van der Waals surface area contributed by atoms with E-state index >= 15 is 0 Å². The van der Waals surface area contributed by atoms with Gasteiger partial charge in [0.1, 0.15) is 6.17 Å². The summed E-state index contributed by atoms with van der Waals surface area (Å²) in [6.45, 7) is 2.10. The standard InChI is InChI=1S/C7H12BrF/c1-5-4-6(9)2-3-7(5)8/h5-7H,2-4H2,1H3. The van der Waals surface area contributed by atoms with E-state index in [1.165, 1.54) is 0 Å². The van der Waals surface area contributed by atoms with Gasteiger partial charge in [0.2, 0.25) is 0 Å². The molecule has 9 heavy (non-hydrogen) atoms. The summed E-state index contributed by atoms with van der Waals surface area (Å²) >= 11 is 3.51. The molecule has 2 heteroatoms. The van der Waals surface area contributed by atoms with Gasteiger partial charge in [-0.25, -0.2) is 4.39 Å². The monoisotopic (exact) mass is 194 g/mol. The van der Waals surface area contributed by atoms with Crippen molar-refractivity contribution >= 4 is 15.9 Å². The zero-order valence-corrected chi connectivity index (χ0v) is 7.20. The maximum absolute atomic E-state index is 12.6. The normalized spacial score (nSPS) is 45.0. The average molecular weight is 195 g/mol. The minimum Gasteiger partial charge on any atom is -0.247 e. The Balaban J connectivity index is 2.35.